The summed E-state index contributed by atoms with van der Waals surface area (Å²) in [5, 5.41) is 3.32. The Bertz CT molecular complexity index is 729. The lowest BCUT2D eigenvalue weighted by atomic mass is 10.1. The van der Waals surface area contributed by atoms with Crippen LogP contribution < -0.4 is 10.1 Å². The molecule has 0 saturated carbocycles. The number of amides is 1. The van der Waals surface area contributed by atoms with Gasteiger partial charge in [-0.15, -0.1) is 0 Å². The lowest BCUT2D eigenvalue weighted by Gasteiger charge is -2.27. The molecule has 2 aromatic heterocycles. The zero-order valence-electron chi connectivity index (χ0n) is 14.7. The number of aromatic nitrogens is 2. The van der Waals surface area contributed by atoms with Crippen molar-refractivity contribution < 1.29 is 9.53 Å². The monoisotopic (exact) mass is 340 g/mol. The summed E-state index contributed by atoms with van der Waals surface area (Å²) in [5.41, 5.74) is 2.92. The number of aryl methyl sites for hydroxylation is 1. The number of rotatable bonds is 7. The highest BCUT2D eigenvalue weighted by molar-refractivity contribution is 5.75. The van der Waals surface area contributed by atoms with E-state index >= 15 is 0 Å². The van der Waals surface area contributed by atoms with Crippen LogP contribution in [0.2, 0.25) is 0 Å². The molecule has 0 aromatic carbocycles. The quantitative estimate of drug-likeness (QED) is 0.834. The maximum Gasteiger partial charge on any atom is 0.222 e. The van der Waals surface area contributed by atoms with Crippen molar-refractivity contribution in [1.29, 1.82) is 0 Å². The van der Waals surface area contributed by atoms with Gasteiger partial charge >= 0.3 is 0 Å². The molecule has 1 atom stereocenters. The van der Waals surface area contributed by atoms with Gasteiger partial charge in [-0.3, -0.25) is 14.8 Å². The van der Waals surface area contributed by atoms with E-state index < -0.39 is 0 Å². The van der Waals surface area contributed by atoms with Gasteiger partial charge in [0.15, 0.2) is 0 Å². The van der Waals surface area contributed by atoms with Crippen molar-refractivity contribution in [2.75, 3.05) is 27.2 Å². The molecule has 6 nitrogen and oxygen atoms in total. The largest absolute Gasteiger partial charge is 0.490 e. The van der Waals surface area contributed by atoms with Crippen LogP contribution in [0, 0.1) is 0 Å². The van der Waals surface area contributed by atoms with E-state index in [1.54, 1.807) is 31.4 Å². The summed E-state index contributed by atoms with van der Waals surface area (Å²) in [6, 6.07) is 6.41. The van der Waals surface area contributed by atoms with Crippen LogP contribution >= 0.6 is 0 Å². The molecule has 6 heteroatoms. The zero-order chi connectivity index (χ0) is 17.6. The lowest BCUT2D eigenvalue weighted by molar-refractivity contribution is -0.128. The zero-order valence-corrected chi connectivity index (χ0v) is 14.7. The predicted molar refractivity (Wildman–Crippen MR) is 96.4 cm³/mol. The third kappa shape index (κ3) is 4.76. The van der Waals surface area contributed by atoms with Crippen molar-refractivity contribution in [3.05, 3.63) is 42.5 Å². The number of hydrogen-bond donors (Lipinski definition) is 1. The Morgan fingerprint density at radius 1 is 1.32 bits per heavy atom. The van der Waals surface area contributed by atoms with Gasteiger partial charge in [0.25, 0.3) is 0 Å². The smallest absolute Gasteiger partial charge is 0.222 e. The summed E-state index contributed by atoms with van der Waals surface area (Å²) in [4.78, 5) is 22.0. The molecule has 3 heterocycles. The molecule has 2 aromatic rings. The summed E-state index contributed by atoms with van der Waals surface area (Å²) in [7, 11) is 3.53. The summed E-state index contributed by atoms with van der Waals surface area (Å²) < 4.78 is 5.82. The molecule has 1 amide bonds. The molecule has 1 aliphatic heterocycles. The Balaban J connectivity index is 1.66. The van der Waals surface area contributed by atoms with Crippen molar-refractivity contribution >= 4 is 5.91 Å². The number of ether oxygens (including phenoxy) is 1. The minimum atomic E-state index is 0.105. The normalized spacial score (nSPS) is 16.2. The van der Waals surface area contributed by atoms with Gasteiger partial charge in [-0.05, 0) is 43.1 Å². The Labute approximate surface area is 148 Å². The highest BCUT2D eigenvalue weighted by Gasteiger charge is 2.16. The minimum Gasteiger partial charge on any atom is -0.490 e. The molecule has 3 rings (SSSR count). The van der Waals surface area contributed by atoms with Crippen LogP contribution in [-0.2, 0) is 11.2 Å². The molecule has 132 valence electrons. The summed E-state index contributed by atoms with van der Waals surface area (Å²) in [6.45, 7) is 1.74. The first kappa shape index (κ1) is 17.4. The number of hydrogen-bond acceptors (Lipinski definition) is 5. The average molecular weight is 340 g/mol. The molecule has 1 fully saturated rings. The lowest BCUT2D eigenvalue weighted by Crippen LogP contribution is -2.46. The molecule has 1 aliphatic rings. The molecule has 0 bridgehead atoms. The van der Waals surface area contributed by atoms with Gasteiger partial charge in [0.2, 0.25) is 5.91 Å². The van der Waals surface area contributed by atoms with Crippen LogP contribution in [0.4, 0.5) is 0 Å². The fourth-order valence-corrected chi connectivity index (χ4v) is 2.60. The van der Waals surface area contributed by atoms with Crippen LogP contribution in [0.1, 0.15) is 18.5 Å². The fourth-order valence-electron chi connectivity index (χ4n) is 2.60. The van der Waals surface area contributed by atoms with E-state index in [2.05, 4.69) is 15.3 Å². The Morgan fingerprint density at radius 3 is 2.88 bits per heavy atom. The summed E-state index contributed by atoms with van der Waals surface area (Å²) in [6.07, 6.45) is 7.57. The predicted octanol–water partition coefficient (Wildman–Crippen LogP) is 1.91. The van der Waals surface area contributed by atoms with Crippen molar-refractivity contribution in [3.8, 4) is 16.9 Å². The maximum atomic E-state index is 11.7. The molecular formula is C19H24N4O2. The van der Waals surface area contributed by atoms with Crippen molar-refractivity contribution in [1.82, 2.24) is 20.2 Å². The van der Waals surface area contributed by atoms with Gasteiger partial charge in [-0.25, -0.2) is 0 Å². The van der Waals surface area contributed by atoms with Gasteiger partial charge in [-0.1, -0.05) is 0 Å². The molecule has 1 saturated heterocycles. The second-order valence-electron chi connectivity index (χ2n) is 6.48. The van der Waals surface area contributed by atoms with Gasteiger partial charge in [0.1, 0.15) is 12.4 Å². The van der Waals surface area contributed by atoms with E-state index in [0.29, 0.717) is 25.5 Å². The molecule has 0 spiro atoms. The first-order chi connectivity index (χ1) is 12.1. The number of carbonyl (C=O) groups is 1. The van der Waals surface area contributed by atoms with Gasteiger partial charge < -0.3 is 15.0 Å². The first-order valence-electron chi connectivity index (χ1n) is 8.58. The molecule has 1 N–H and O–H groups in total. The average Bonchev–Trinajstić information content (AvgIpc) is 2.59. The minimum absolute atomic E-state index is 0.105. The van der Waals surface area contributed by atoms with E-state index in [-0.39, 0.29) is 5.91 Å². The van der Waals surface area contributed by atoms with Gasteiger partial charge in [0, 0.05) is 50.2 Å². The Hall–Kier alpha value is -2.47. The topological polar surface area (TPSA) is 67.4 Å². The number of pyridine rings is 2. The van der Waals surface area contributed by atoms with Crippen LogP contribution in [0.5, 0.6) is 5.75 Å². The van der Waals surface area contributed by atoms with Crippen molar-refractivity contribution in [2.24, 2.45) is 0 Å². The van der Waals surface area contributed by atoms with Gasteiger partial charge in [0.05, 0.1) is 6.20 Å². The van der Waals surface area contributed by atoms with E-state index in [4.69, 9.17) is 4.74 Å². The molecule has 25 heavy (non-hydrogen) atoms. The van der Waals surface area contributed by atoms with E-state index in [9.17, 15) is 4.79 Å². The highest BCUT2D eigenvalue weighted by atomic mass is 16.5. The van der Waals surface area contributed by atoms with Crippen molar-refractivity contribution in [3.63, 3.8) is 0 Å². The Kier molecular flexibility index (Phi) is 5.60. The highest BCUT2D eigenvalue weighted by Crippen LogP contribution is 2.23. The second-order valence-corrected chi connectivity index (χ2v) is 6.48. The number of nitrogens with one attached hydrogen (secondary N) is 1. The maximum absolute atomic E-state index is 11.7. The number of carbonyl (C=O) groups excluding carboxylic acids is 1. The Morgan fingerprint density at radius 2 is 2.16 bits per heavy atom. The van der Waals surface area contributed by atoms with Crippen molar-refractivity contribution in [2.45, 2.75) is 25.3 Å². The van der Waals surface area contributed by atoms with Crippen LogP contribution in [0.25, 0.3) is 11.1 Å². The summed E-state index contributed by atoms with van der Waals surface area (Å²) in [5.74, 6) is 0.876. The second kappa shape index (κ2) is 8.07. The van der Waals surface area contributed by atoms with Gasteiger partial charge in [-0.2, -0.15) is 0 Å². The van der Waals surface area contributed by atoms with E-state index in [0.717, 1.165) is 35.5 Å². The van der Waals surface area contributed by atoms with Crippen LogP contribution in [0.3, 0.4) is 0 Å². The first-order valence-corrected chi connectivity index (χ1v) is 8.58. The van der Waals surface area contributed by atoms with Crippen LogP contribution in [0.15, 0.2) is 36.8 Å². The molecular weight excluding hydrogens is 316 g/mol. The summed E-state index contributed by atoms with van der Waals surface area (Å²) >= 11 is 0. The SMILES string of the molecule is CN(C)C(=O)CCc1cc(-c2cncc(OCC3CCN3)c2)ccn1. The van der Waals surface area contributed by atoms with E-state index in [1.165, 1.54) is 0 Å². The van der Waals surface area contributed by atoms with E-state index in [1.807, 2.05) is 24.4 Å². The standard InChI is InChI=1S/C19H24N4O2/c1-23(2)19(24)4-3-16-9-14(5-7-21-16)15-10-18(12-20-11-15)25-13-17-6-8-22-17/h5,7,9-12,17,22H,3-4,6,8,13H2,1-2H3. The fraction of sp³-hybridized carbons (Fsp3) is 0.421. The molecule has 1 unspecified atom stereocenters. The number of nitrogens with zero attached hydrogens (tertiary/aromatic N) is 3. The van der Waals surface area contributed by atoms with Crippen LogP contribution in [-0.4, -0.2) is 54.1 Å². The third-order valence-corrected chi connectivity index (χ3v) is 4.33. The third-order valence-electron chi connectivity index (χ3n) is 4.33. The molecule has 0 aliphatic carbocycles. The molecule has 0 radical (unpaired) electrons.